The largest absolute Gasteiger partial charge is 0.496 e. The molecular weight excluding hydrogens is 429 g/mol. The van der Waals surface area contributed by atoms with Crippen molar-refractivity contribution in [3.05, 3.63) is 59.9 Å². The van der Waals surface area contributed by atoms with Crippen molar-refractivity contribution in [2.24, 2.45) is 5.92 Å². The normalized spacial score (nSPS) is 18.2. The summed E-state index contributed by atoms with van der Waals surface area (Å²) in [6.07, 6.45) is 2.15. The Labute approximate surface area is 193 Å². The van der Waals surface area contributed by atoms with Gasteiger partial charge < -0.3 is 24.6 Å². The Morgan fingerprint density at radius 3 is 2.69 bits per heavy atom. The number of morpholine rings is 1. The van der Waals surface area contributed by atoms with E-state index in [-0.39, 0.29) is 17.8 Å². The van der Waals surface area contributed by atoms with E-state index in [2.05, 4.69) is 5.32 Å². The van der Waals surface area contributed by atoms with E-state index >= 15 is 0 Å². The van der Waals surface area contributed by atoms with Gasteiger partial charge in [-0.1, -0.05) is 12.1 Å². The minimum Gasteiger partial charge on any atom is -0.496 e. The van der Waals surface area contributed by atoms with Crippen LogP contribution in [0.1, 0.15) is 23.2 Å². The van der Waals surface area contributed by atoms with Crippen LogP contribution in [-0.4, -0.2) is 66.8 Å². The number of hydrogen-bond donors (Lipinski definition) is 1. The predicted octanol–water partition coefficient (Wildman–Crippen LogP) is 3.78. The van der Waals surface area contributed by atoms with Gasteiger partial charge >= 0.3 is 0 Å². The van der Waals surface area contributed by atoms with E-state index in [1.807, 2.05) is 21.9 Å². The Bertz CT molecular complexity index is 952. The van der Waals surface area contributed by atoms with Crippen molar-refractivity contribution in [2.75, 3.05) is 45.2 Å². The number of anilines is 1. The molecule has 170 valence electrons. The van der Waals surface area contributed by atoms with Crippen LogP contribution in [0.2, 0.25) is 0 Å². The van der Waals surface area contributed by atoms with Gasteiger partial charge in [0.2, 0.25) is 0 Å². The first-order chi connectivity index (χ1) is 15.5. The highest BCUT2D eigenvalue weighted by molar-refractivity contribution is 7.80. The number of halogens is 1. The number of ether oxygens (including phenoxy) is 2. The summed E-state index contributed by atoms with van der Waals surface area (Å²) in [5.41, 5.74) is 1.30. The first-order valence-corrected chi connectivity index (χ1v) is 11.3. The molecular formula is C24H28FN3O3S. The molecule has 0 unspecified atom stereocenters. The maximum Gasteiger partial charge on any atom is 0.257 e. The van der Waals surface area contributed by atoms with Gasteiger partial charge in [-0.15, -0.1) is 0 Å². The molecule has 6 nitrogen and oxygen atoms in total. The Morgan fingerprint density at radius 1 is 1.22 bits per heavy atom. The monoisotopic (exact) mass is 457 g/mol. The number of methoxy groups -OCH3 is 1. The summed E-state index contributed by atoms with van der Waals surface area (Å²) in [6.45, 7) is 2.97. The van der Waals surface area contributed by atoms with E-state index in [1.165, 1.54) is 12.1 Å². The Balaban J connectivity index is 1.41. The first kappa shape index (κ1) is 22.5. The highest BCUT2D eigenvalue weighted by atomic mass is 32.1. The van der Waals surface area contributed by atoms with Crippen LogP contribution in [-0.2, 0) is 4.74 Å². The van der Waals surface area contributed by atoms with E-state index in [1.54, 1.807) is 31.4 Å². The lowest BCUT2D eigenvalue weighted by atomic mass is 10.1. The maximum atomic E-state index is 13.4. The number of carbonyl (C=O) groups is 1. The van der Waals surface area contributed by atoms with Crippen LogP contribution in [0.3, 0.4) is 0 Å². The van der Waals surface area contributed by atoms with Crippen molar-refractivity contribution in [3.8, 4) is 5.75 Å². The molecule has 2 aliphatic rings. The summed E-state index contributed by atoms with van der Waals surface area (Å²) in [7, 11) is 1.58. The van der Waals surface area contributed by atoms with Crippen molar-refractivity contribution in [1.29, 1.82) is 0 Å². The van der Waals surface area contributed by atoms with Crippen LogP contribution in [0.25, 0.3) is 0 Å². The SMILES string of the molecule is COc1ccccc1C(=O)N(CC1CC1)C[C@@H]1CN(C(=S)Nc2ccc(F)cc2)CCO1. The van der Waals surface area contributed by atoms with Crippen LogP contribution >= 0.6 is 12.2 Å². The van der Waals surface area contributed by atoms with Gasteiger partial charge in [-0.05, 0) is 67.4 Å². The molecule has 2 aromatic carbocycles. The highest BCUT2D eigenvalue weighted by Gasteiger charge is 2.32. The topological polar surface area (TPSA) is 54.0 Å². The van der Waals surface area contributed by atoms with Crippen LogP contribution in [0.4, 0.5) is 10.1 Å². The molecule has 1 saturated heterocycles. The molecule has 1 heterocycles. The predicted molar refractivity (Wildman–Crippen MR) is 126 cm³/mol. The van der Waals surface area contributed by atoms with Crippen LogP contribution in [0.15, 0.2) is 48.5 Å². The minimum absolute atomic E-state index is 0.0397. The molecule has 32 heavy (non-hydrogen) atoms. The zero-order valence-corrected chi connectivity index (χ0v) is 18.9. The van der Waals surface area contributed by atoms with E-state index < -0.39 is 0 Å². The summed E-state index contributed by atoms with van der Waals surface area (Å²) >= 11 is 5.56. The standard InChI is InChI=1S/C24H28FN3O3S/c1-30-22-5-3-2-4-21(22)23(29)28(14-17-6-7-17)16-20-15-27(12-13-31-20)24(32)26-19-10-8-18(25)9-11-19/h2-5,8-11,17,20H,6-7,12-16H2,1H3,(H,26,32)/t20-/m0/s1. The average molecular weight is 458 g/mol. The third-order valence-corrected chi connectivity index (χ3v) is 6.11. The molecule has 0 aromatic heterocycles. The molecule has 1 aliphatic heterocycles. The Morgan fingerprint density at radius 2 is 1.97 bits per heavy atom. The lowest BCUT2D eigenvalue weighted by Crippen LogP contribution is -2.51. The second-order valence-electron chi connectivity index (χ2n) is 8.23. The third kappa shape index (κ3) is 5.75. The molecule has 0 spiro atoms. The summed E-state index contributed by atoms with van der Waals surface area (Å²) < 4.78 is 24.6. The van der Waals surface area contributed by atoms with Gasteiger partial charge in [0.1, 0.15) is 11.6 Å². The number of nitrogens with zero attached hydrogens (tertiary/aromatic N) is 2. The number of benzene rings is 2. The molecule has 4 rings (SSSR count). The van der Waals surface area contributed by atoms with Crippen LogP contribution in [0.5, 0.6) is 5.75 Å². The smallest absolute Gasteiger partial charge is 0.257 e. The fourth-order valence-corrected chi connectivity index (χ4v) is 4.12. The Kier molecular flexibility index (Phi) is 7.22. The fraction of sp³-hybridized carbons (Fsp3) is 0.417. The number of amides is 1. The Hall–Kier alpha value is -2.71. The van der Waals surface area contributed by atoms with Crippen molar-refractivity contribution < 1.29 is 18.7 Å². The van der Waals surface area contributed by atoms with Gasteiger partial charge in [-0.3, -0.25) is 4.79 Å². The van der Waals surface area contributed by atoms with Gasteiger partial charge in [0.25, 0.3) is 5.91 Å². The van der Waals surface area contributed by atoms with Gasteiger partial charge in [-0.2, -0.15) is 0 Å². The quantitative estimate of drug-likeness (QED) is 0.639. The summed E-state index contributed by atoms with van der Waals surface area (Å²) in [4.78, 5) is 17.3. The zero-order valence-electron chi connectivity index (χ0n) is 18.1. The molecule has 2 fully saturated rings. The van der Waals surface area contributed by atoms with Gasteiger partial charge in [0.05, 0.1) is 25.4 Å². The number of hydrogen-bond acceptors (Lipinski definition) is 4. The number of nitrogens with one attached hydrogen (secondary N) is 1. The fourth-order valence-electron chi connectivity index (χ4n) is 3.84. The van der Waals surface area contributed by atoms with Gasteiger partial charge in [-0.25, -0.2) is 4.39 Å². The van der Waals surface area contributed by atoms with Gasteiger partial charge in [0.15, 0.2) is 5.11 Å². The van der Waals surface area contributed by atoms with Crippen molar-refractivity contribution in [1.82, 2.24) is 9.80 Å². The van der Waals surface area contributed by atoms with Crippen LogP contribution < -0.4 is 10.1 Å². The van der Waals surface area contributed by atoms with E-state index in [9.17, 15) is 9.18 Å². The molecule has 1 amide bonds. The molecule has 1 saturated carbocycles. The lowest BCUT2D eigenvalue weighted by molar-refractivity contribution is -0.0209. The summed E-state index contributed by atoms with van der Waals surface area (Å²) in [5.74, 6) is 0.800. The van der Waals surface area contributed by atoms with E-state index in [4.69, 9.17) is 21.7 Å². The van der Waals surface area contributed by atoms with E-state index in [0.717, 1.165) is 25.1 Å². The minimum atomic E-state index is -0.289. The molecule has 1 N–H and O–H groups in total. The molecule has 8 heteroatoms. The second-order valence-corrected chi connectivity index (χ2v) is 8.62. The highest BCUT2D eigenvalue weighted by Crippen LogP contribution is 2.31. The number of rotatable bonds is 7. The van der Waals surface area contributed by atoms with Gasteiger partial charge in [0, 0.05) is 31.9 Å². The number of thiocarbonyl (C=S) groups is 1. The molecule has 0 radical (unpaired) electrons. The average Bonchev–Trinajstić information content (AvgIpc) is 3.64. The lowest BCUT2D eigenvalue weighted by Gasteiger charge is -2.37. The van der Waals surface area contributed by atoms with Crippen molar-refractivity contribution in [3.63, 3.8) is 0 Å². The van der Waals surface area contributed by atoms with Crippen molar-refractivity contribution >= 4 is 28.9 Å². The third-order valence-electron chi connectivity index (χ3n) is 5.75. The zero-order chi connectivity index (χ0) is 22.5. The summed E-state index contributed by atoms with van der Waals surface area (Å²) in [5, 5.41) is 3.72. The van der Waals surface area contributed by atoms with Crippen molar-refractivity contribution in [2.45, 2.75) is 18.9 Å². The molecule has 2 aromatic rings. The van der Waals surface area contributed by atoms with E-state index in [0.29, 0.717) is 48.6 Å². The summed E-state index contributed by atoms with van der Waals surface area (Å²) in [6, 6.07) is 13.4. The molecule has 1 aliphatic carbocycles. The molecule has 0 bridgehead atoms. The maximum absolute atomic E-state index is 13.4. The molecule has 1 atom stereocenters. The van der Waals surface area contributed by atoms with Crippen LogP contribution in [0, 0.1) is 11.7 Å². The number of para-hydroxylation sites is 1. The number of carbonyl (C=O) groups excluding carboxylic acids is 1. The second kappa shape index (κ2) is 10.3. The first-order valence-electron chi connectivity index (χ1n) is 10.9.